The van der Waals surface area contributed by atoms with E-state index < -0.39 is 5.78 Å². The quantitative estimate of drug-likeness (QED) is 0.684. The van der Waals surface area contributed by atoms with Crippen LogP contribution in [0.4, 0.5) is 0 Å². The van der Waals surface area contributed by atoms with Gasteiger partial charge in [-0.2, -0.15) is 5.10 Å². The predicted octanol–water partition coefficient (Wildman–Crippen LogP) is 3.32. The summed E-state index contributed by atoms with van der Waals surface area (Å²) in [5.41, 5.74) is 0.215. The Kier molecular flexibility index (Phi) is 3.52. The number of rotatable bonds is 2. The summed E-state index contributed by atoms with van der Waals surface area (Å²) in [5.74, 6) is -0.702. The van der Waals surface area contributed by atoms with Gasteiger partial charge in [0, 0.05) is 12.6 Å². The number of aromatic hydroxyl groups is 1. The Morgan fingerprint density at radius 3 is 2.44 bits per heavy atom. The summed E-state index contributed by atoms with van der Waals surface area (Å²) < 4.78 is 1.18. The maximum Gasteiger partial charge on any atom is 0.220 e. The van der Waals surface area contributed by atoms with Crippen LogP contribution < -0.4 is 0 Å². The van der Waals surface area contributed by atoms with E-state index in [0.29, 0.717) is 0 Å². The average Bonchev–Trinajstić information content (AvgIpc) is 2.67. The van der Waals surface area contributed by atoms with Crippen molar-refractivity contribution in [3.05, 3.63) is 44.5 Å². The first-order valence-corrected chi connectivity index (χ1v) is 5.96. The van der Waals surface area contributed by atoms with E-state index in [4.69, 9.17) is 34.8 Å². The molecule has 7 heteroatoms. The number of ketones is 1. The van der Waals surface area contributed by atoms with Crippen LogP contribution in [0.25, 0.3) is 0 Å². The van der Waals surface area contributed by atoms with Gasteiger partial charge in [-0.05, 0) is 12.1 Å². The van der Waals surface area contributed by atoms with Gasteiger partial charge in [-0.3, -0.25) is 4.79 Å². The van der Waals surface area contributed by atoms with Gasteiger partial charge in [0.25, 0.3) is 0 Å². The van der Waals surface area contributed by atoms with E-state index in [0.717, 1.165) is 0 Å². The van der Waals surface area contributed by atoms with Crippen LogP contribution in [0.3, 0.4) is 0 Å². The van der Waals surface area contributed by atoms with E-state index in [1.54, 1.807) is 0 Å². The molecule has 0 aliphatic rings. The third-order valence-corrected chi connectivity index (χ3v) is 3.73. The average molecular weight is 306 g/mol. The largest absolute Gasteiger partial charge is 0.493 e. The topological polar surface area (TPSA) is 55.1 Å². The molecule has 1 N–H and O–H groups in total. The molecule has 1 heterocycles. The molecule has 1 aromatic carbocycles. The van der Waals surface area contributed by atoms with E-state index in [1.807, 2.05) is 0 Å². The van der Waals surface area contributed by atoms with E-state index in [-0.39, 0.29) is 32.1 Å². The molecule has 2 rings (SSSR count). The van der Waals surface area contributed by atoms with Crippen molar-refractivity contribution < 1.29 is 9.90 Å². The van der Waals surface area contributed by atoms with Gasteiger partial charge < -0.3 is 5.11 Å². The van der Waals surface area contributed by atoms with Crippen LogP contribution in [0.5, 0.6) is 5.88 Å². The summed E-state index contributed by atoms with van der Waals surface area (Å²) in [6.45, 7) is 0. The molecule has 2 aromatic rings. The standard InChI is InChI=1S/C11H7Cl3N2O2/c1-16-11(18)6(4-15-16)10(17)5-2-3-7(12)9(14)8(5)13/h2-4,18H,1H3. The molecule has 0 aliphatic heterocycles. The summed E-state index contributed by atoms with van der Waals surface area (Å²) in [5, 5.41) is 13.9. The fourth-order valence-corrected chi connectivity index (χ4v) is 2.06. The highest BCUT2D eigenvalue weighted by atomic mass is 35.5. The molecule has 1 aromatic heterocycles. The zero-order valence-corrected chi connectivity index (χ0v) is 11.4. The Morgan fingerprint density at radius 2 is 1.89 bits per heavy atom. The lowest BCUT2D eigenvalue weighted by atomic mass is 10.1. The van der Waals surface area contributed by atoms with Crippen molar-refractivity contribution in [2.24, 2.45) is 7.05 Å². The molecule has 0 amide bonds. The van der Waals surface area contributed by atoms with Crippen molar-refractivity contribution in [2.75, 3.05) is 0 Å². The number of nitrogens with zero attached hydrogens (tertiary/aromatic N) is 2. The zero-order chi connectivity index (χ0) is 13.4. The van der Waals surface area contributed by atoms with Crippen molar-refractivity contribution in [3.8, 4) is 5.88 Å². The van der Waals surface area contributed by atoms with Crippen LogP contribution in [0.1, 0.15) is 15.9 Å². The Balaban J connectivity index is 2.54. The lowest BCUT2D eigenvalue weighted by Gasteiger charge is -2.05. The second-order valence-corrected chi connectivity index (χ2v) is 4.72. The van der Waals surface area contributed by atoms with Gasteiger partial charge in [0.05, 0.1) is 21.3 Å². The molecule has 0 bridgehead atoms. The first kappa shape index (κ1) is 13.2. The Morgan fingerprint density at radius 1 is 1.22 bits per heavy atom. The molecule has 0 radical (unpaired) electrons. The van der Waals surface area contributed by atoms with Gasteiger partial charge in [-0.15, -0.1) is 0 Å². The fourth-order valence-electron chi connectivity index (χ4n) is 1.44. The first-order valence-electron chi connectivity index (χ1n) is 4.82. The minimum absolute atomic E-state index is 0.0532. The minimum atomic E-state index is -0.468. The van der Waals surface area contributed by atoms with E-state index in [1.165, 1.54) is 30.1 Å². The number of benzene rings is 1. The number of carbonyl (C=O) groups is 1. The van der Waals surface area contributed by atoms with Crippen LogP contribution in [0, 0.1) is 0 Å². The van der Waals surface area contributed by atoms with Crippen molar-refractivity contribution in [2.45, 2.75) is 0 Å². The minimum Gasteiger partial charge on any atom is -0.493 e. The number of carbonyl (C=O) groups excluding carboxylic acids is 1. The lowest BCUT2D eigenvalue weighted by Crippen LogP contribution is -2.02. The summed E-state index contributed by atoms with van der Waals surface area (Å²) >= 11 is 17.6. The molecule has 0 atom stereocenters. The SMILES string of the molecule is Cn1ncc(C(=O)c2ccc(Cl)c(Cl)c2Cl)c1O. The summed E-state index contributed by atoms with van der Waals surface area (Å²) in [6.07, 6.45) is 1.26. The van der Waals surface area contributed by atoms with E-state index in [9.17, 15) is 9.90 Å². The number of aromatic nitrogens is 2. The van der Waals surface area contributed by atoms with Gasteiger partial charge >= 0.3 is 0 Å². The van der Waals surface area contributed by atoms with Crippen LogP contribution in [-0.2, 0) is 7.05 Å². The Labute approximate surface area is 118 Å². The lowest BCUT2D eigenvalue weighted by molar-refractivity contribution is 0.103. The van der Waals surface area contributed by atoms with Crippen molar-refractivity contribution >= 4 is 40.6 Å². The van der Waals surface area contributed by atoms with Gasteiger partial charge in [0.1, 0.15) is 5.56 Å². The van der Waals surface area contributed by atoms with Crippen LogP contribution >= 0.6 is 34.8 Å². The molecule has 18 heavy (non-hydrogen) atoms. The molecule has 0 unspecified atom stereocenters. The molecule has 94 valence electrons. The molecule has 0 aliphatic carbocycles. The van der Waals surface area contributed by atoms with Gasteiger partial charge in [0.2, 0.25) is 11.7 Å². The van der Waals surface area contributed by atoms with E-state index in [2.05, 4.69) is 5.10 Å². The third-order valence-electron chi connectivity index (χ3n) is 2.43. The fraction of sp³-hybridized carbons (Fsp3) is 0.0909. The molecular weight excluding hydrogens is 298 g/mol. The Bertz CT molecular complexity index is 637. The second-order valence-electron chi connectivity index (χ2n) is 3.56. The number of halogens is 3. The third kappa shape index (κ3) is 2.07. The normalized spacial score (nSPS) is 10.7. The van der Waals surface area contributed by atoms with Gasteiger partial charge in [-0.1, -0.05) is 34.8 Å². The molecule has 0 saturated carbocycles. The number of hydrogen-bond acceptors (Lipinski definition) is 3. The second kappa shape index (κ2) is 4.80. The first-order chi connectivity index (χ1) is 8.43. The zero-order valence-electron chi connectivity index (χ0n) is 9.12. The molecule has 4 nitrogen and oxygen atoms in total. The smallest absolute Gasteiger partial charge is 0.220 e. The van der Waals surface area contributed by atoms with E-state index >= 15 is 0 Å². The maximum atomic E-state index is 12.2. The predicted molar refractivity (Wildman–Crippen MR) is 69.8 cm³/mol. The number of hydrogen-bond donors (Lipinski definition) is 1. The summed E-state index contributed by atoms with van der Waals surface area (Å²) in [4.78, 5) is 12.2. The summed E-state index contributed by atoms with van der Waals surface area (Å²) in [7, 11) is 1.52. The molecular formula is C11H7Cl3N2O2. The highest BCUT2D eigenvalue weighted by Crippen LogP contribution is 2.34. The number of aryl methyl sites for hydroxylation is 1. The molecule has 0 fully saturated rings. The Hall–Kier alpha value is -1.23. The van der Waals surface area contributed by atoms with Crippen molar-refractivity contribution in [1.29, 1.82) is 0 Å². The van der Waals surface area contributed by atoms with Crippen molar-refractivity contribution in [3.63, 3.8) is 0 Å². The van der Waals surface area contributed by atoms with Gasteiger partial charge in [0.15, 0.2) is 0 Å². The monoisotopic (exact) mass is 304 g/mol. The molecule has 0 spiro atoms. The summed E-state index contributed by atoms with van der Waals surface area (Å²) in [6, 6.07) is 2.92. The maximum absolute atomic E-state index is 12.2. The molecule has 0 saturated heterocycles. The highest BCUT2D eigenvalue weighted by Gasteiger charge is 2.21. The van der Waals surface area contributed by atoms with Crippen molar-refractivity contribution in [1.82, 2.24) is 9.78 Å². The van der Waals surface area contributed by atoms with Gasteiger partial charge in [-0.25, -0.2) is 4.68 Å². The van der Waals surface area contributed by atoms with Crippen LogP contribution in [0.15, 0.2) is 18.3 Å². The van der Waals surface area contributed by atoms with Crippen LogP contribution in [-0.4, -0.2) is 20.7 Å². The van der Waals surface area contributed by atoms with Crippen LogP contribution in [0.2, 0.25) is 15.1 Å². The highest BCUT2D eigenvalue weighted by molar-refractivity contribution is 6.49.